The summed E-state index contributed by atoms with van der Waals surface area (Å²) in [5.74, 6) is -0.364. The summed E-state index contributed by atoms with van der Waals surface area (Å²) >= 11 is 0. The normalized spacial score (nSPS) is 23.4. The van der Waals surface area contributed by atoms with Crippen molar-refractivity contribution in [2.24, 2.45) is 0 Å². The average molecular weight is 276 g/mol. The van der Waals surface area contributed by atoms with Crippen LogP contribution in [0, 0.1) is 5.82 Å². The molecule has 0 aliphatic carbocycles. The lowest BCUT2D eigenvalue weighted by molar-refractivity contribution is 0.0708. The van der Waals surface area contributed by atoms with Gasteiger partial charge in [0.05, 0.1) is 0 Å². The first-order valence-corrected chi connectivity index (χ1v) is 7.53. The fourth-order valence-corrected chi connectivity index (χ4v) is 3.34. The molecule has 2 aliphatic heterocycles. The van der Waals surface area contributed by atoms with Crippen molar-refractivity contribution in [2.75, 3.05) is 26.2 Å². The van der Waals surface area contributed by atoms with Crippen molar-refractivity contribution < 1.29 is 9.18 Å². The highest BCUT2D eigenvalue weighted by Crippen LogP contribution is 2.22. The Labute approximate surface area is 119 Å². The van der Waals surface area contributed by atoms with Gasteiger partial charge in [-0.1, -0.05) is 6.07 Å². The molecule has 4 heteroatoms. The maximum absolute atomic E-state index is 13.3. The van der Waals surface area contributed by atoms with E-state index in [0.29, 0.717) is 11.6 Å². The lowest BCUT2D eigenvalue weighted by Gasteiger charge is -2.28. The number of nitrogens with zero attached hydrogens (tertiary/aromatic N) is 2. The monoisotopic (exact) mass is 276 g/mol. The van der Waals surface area contributed by atoms with E-state index in [4.69, 9.17) is 0 Å². The van der Waals surface area contributed by atoms with E-state index in [2.05, 4.69) is 4.90 Å². The van der Waals surface area contributed by atoms with E-state index in [1.54, 1.807) is 12.1 Å². The average Bonchev–Trinajstić information content (AvgIpc) is 3.10. The number of likely N-dealkylation sites (tertiary alicyclic amines) is 2. The van der Waals surface area contributed by atoms with Crippen molar-refractivity contribution in [1.29, 1.82) is 0 Å². The number of halogens is 1. The summed E-state index contributed by atoms with van der Waals surface area (Å²) in [5, 5.41) is 0. The van der Waals surface area contributed by atoms with E-state index in [-0.39, 0.29) is 11.7 Å². The zero-order valence-electron chi connectivity index (χ0n) is 11.7. The molecule has 2 saturated heterocycles. The molecule has 2 fully saturated rings. The molecule has 0 spiro atoms. The summed E-state index contributed by atoms with van der Waals surface area (Å²) in [7, 11) is 0. The molecule has 1 atom stereocenters. The van der Waals surface area contributed by atoms with E-state index >= 15 is 0 Å². The summed E-state index contributed by atoms with van der Waals surface area (Å²) in [5.41, 5.74) is 0.471. The number of benzene rings is 1. The standard InChI is InChI=1S/C16H21FN2O/c17-14-6-3-5-13(11-14)16(20)19-10-4-7-15(19)12-18-8-1-2-9-18/h3,5-6,11,15H,1-2,4,7-10,12H2/t15-/m1/s1. The summed E-state index contributed by atoms with van der Waals surface area (Å²) in [6.07, 6.45) is 4.66. The molecular formula is C16H21FN2O. The molecule has 0 N–H and O–H groups in total. The van der Waals surface area contributed by atoms with Crippen molar-refractivity contribution in [2.45, 2.75) is 31.7 Å². The van der Waals surface area contributed by atoms with Gasteiger partial charge in [0.15, 0.2) is 0 Å². The van der Waals surface area contributed by atoms with Crippen LogP contribution < -0.4 is 0 Å². The summed E-state index contributed by atoms with van der Waals surface area (Å²) in [6, 6.07) is 6.32. The number of carbonyl (C=O) groups is 1. The van der Waals surface area contributed by atoms with Gasteiger partial charge in [0.2, 0.25) is 0 Å². The van der Waals surface area contributed by atoms with Crippen LogP contribution in [0.5, 0.6) is 0 Å². The number of carbonyl (C=O) groups excluding carboxylic acids is 1. The Hall–Kier alpha value is -1.42. The Kier molecular flexibility index (Phi) is 4.01. The first kappa shape index (κ1) is 13.6. The van der Waals surface area contributed by atoms with Gasteiger partial charge in [-0.2, -0.15) is 0 Å². The predicted molar refractivity (Wildman–Crippen MR) is 76.1 cm³/mol. The van der Waals surface area contributed by atoms with Crippen LogP contribution in [-0.2, 0) is 0 Å². The molecule has 3 nitrogen and oxygen atoms in total. The van der Waals surface area contributed by atoms with Crippen molar-refractivity contribution >= 4 is 5.91 Å². The van der Waals surface area contributed by atoms with Crippen molar-refractivity contribution in [3.05, 3.63) is 35.6 Å². The van der Waals surface area contributed by atoms with Gasteiger partial charge in [0, 0.05) is 24.7 Å². The van der Waals surface area contributed by atoms with Gasteiger partial charge in [-0.05, 0) is 57.0 Å². The van der Waals surface area contributed by atoms with E-state index in [0.717, 1.165) is 39.0 Å². The maximum Gasteiger partial charge on any atom is 0.254 e. The Morgan fingerprint density at radius 2 is 2.00 bits per heavy atom. The second-order valence-corrected chi connectivity index (χ2v) is 5.81. The lowest BCUT2D eigenvalue weighted by Crippen LogP contribution is -2.42. The third-order valence-electron chi connectivity index (χ3n) is 4.38. The number of hydrogen-bond acceptors (Lipinski definition) is 2. The zero-order valence-corrected chi connectivity index (χ0v) is 11.7. The quantitative estimate of drug-likeness (QED) is 0.847. The van der Waals surface area contributed by atoms with E-state index in [1.165, 1.54) is 25.0 Å². The molecule has 20 heavy (non-hydrogen) atoms. The highest BCUT2D eigenvalue weighted by molar-refractivity contribution is 5.94. The SMILES string of the molecule is O=C(c1cccc(F)c1)N1CCC[C@@H]1CN1CCCC1. The van der Waals surface area contributed by atoms with Gasteiger partial charge in [0.25, 0.3) is 5.91 Å². The fourth-order valence-electron chi connectivity index (χ4n) is 3.34. The molecule has 1 aromatic rings. The highest BCUT2D eigenvalue weighted by Gasteiger charge is 2.31. The van der Waals surface area contributed by atoms with Crippen LogP contribution in [0.3, 0.4) is 0 Å². The van der Waals surface area contributed by atoms with Gasteiger partial charge in [-0.25, -0.2) is 4.39 Å². The molecule has 0 unspecified atom stereocenters. The molecule has 0 aromatic heterocycles. The minimum Gasteiger partial charge on any atom is -0.334 e. The van der Waals surface area contributed by atoms with Crippen molar-refractivity contribution in [3.8, 4) is 0 Å². The Morgan fingerprint density at radius 3 is 2.75 bits per heavy atom. The molecule has 1 amide bonds. The van der Waals surface area contributed by atoms with Gasteiger partial charge in [0.1, 0.15) is 5.82 Å². The minimum absolute atomic E-state index is 0.0220. The third-order valence-corrected chi connectivity index (χ3v) is 4.38. The molecule has 1 aromatic carbocycles. The first-order valence-electron chi connectivity index (χ1n) is 7.53. The zero-order chi connectivity index (χ0) is 13.9. The van der Waals surface area contributed by atoms with Crippen molar-refractivity contribution in [3.63, 3.8) is 0 Å². The van der Waals surface area contributed by atoms with Crippen LogP contribution in [0.4, 0.5) is 4.39 Å². The molecule has 3 rings (SSSR count). The number of amides is 1. The molecule has 0 saturated carbocycles. The van der Waals surface area contributed by atoms with Crippen LogP contribution in [-0.4, -0.2) is 47.9 Å². The number of rotatable bonds is 3. The second-order valence-electron chi connectivity index (χ2n) is 5.81. The van der Waals surface area contributed by atoms with Crippen LogP contribution in [0.25, 0.3) is 0 Å². The van der Waals surface area contributed by atoms with Gasteiger partial charge < -0.3 is 9.80 Å². The van der Waals surface area contributed by atoms with Crippen LogP contribution in [0.15, 0.2) is 24.3 Å². The molecule has 108 valence electrons. The van der Waals surface area contributed by atoms with Crippen molar-refractivity contribution in [1.82, 2.24) is 9.80 Å². The topological polar surface area (TPSA) is 23.6 Å². The maximum atomic E-state index is 13.3. The first-order chi connectivity index (χ1) is 9.74. The largest absolute Gasteiger partial charge is 0.334 e. The molecule has 0 radical (unpaired) electrons. The minimum atomic E-state index is -0.342. The smallest absolute Gasteiger partial charge is 0.254 e. The molecule has 0 bridgehead atoms. The Morgan fingerprint density at radius 1 is 1.20 bits per heavy atom. The number of hydrogen-bond donors (Lipinski definition) is 0. The van der Waals surface area contributed by atoms with Crippen LogP contribution in [0.1, 0.15) is 36.0 Å². The third kappa shape index (κ3) is 2.85. The van der Waals surface area contributed by atoms with Crippen LogP contribution in [0.2, 0.25) is 0 Å². The molecular weight excluding hydrogens is 255 g/mol. The Bertz CT molecular complexity index is 485. The second kappa shape index (κ2) is 5.92. The highest BCUT2D eigenvalue weighted by atomic mass is 19.1. The van der Waals surface area contributed by atoms with Crippen LogP contribution >= 0.6 is 0 Å². The van der Waals surface area contributed by atoms with Gasteiger partial charge in [-0.15, -0.1) is 0 Å². The predicted octanol–water partition coefficient (Wildman–Crippen LogP) is 2.53. The van der Waals surface area contributed by atoms with Gasteiger partial charge >= 0.3 is 0 Å². The molecule has 2 aliphatic rings. The molecule has 2 heterocycles. The lowest BCUT2D eigenvalue weighted by atomic mass is 10.1. The van der Waals surface area contributed by atoms with E-state index in [9.17, 15) is 9.18 Å². The summed E-state index contributed by atoms with van der Waals surface area (Å²) in [4.78, 5) is 16.9. The van der Waals surface area contributed by atoms with E-state index < -0.39 is 0 Å². The summed E-state index contributed by atoms with van der Waals surface area (Å²) in [6.45, 7) is 4.08. The Balaban J connectivity index is 1.69. The van der Waals surface area contributed by atoms with Gasteiger partial charge in [-0.3, -0.25) is 4.79 Å². The van der Waals surface area contributed by atoms with E-state index in [1.807, 2.05) is 4.90 Å². The fraction of sp³-hybridized carbons (Fsp3) is 0.562. The summed E-state index contributed by atoms with van der Waals surface area (Å²) < 4.78 is 13.3.